The molecule has 94 valence electrons. The first kappa shape index (κ1) is 13.6. The number of carbonyl (C=O) groups excluding carboxylic acids is 3. The van der Waals surface area contributed by atoms with E-state index in [1.165, 1.54) is 0 Å². The lowest BCUT2D eigenvalue weighted by Crippen LogP contribution is -2.19. The van der Waals surface area contributed by atoms with Gasteiger partial charge in [-0.2, -0.15) is 0 Å². The molecule has 0 aliphatic rings. The third-order valence-electron chi connectivity index (χ3n) is 1.92. The van der Waals surface area contributed by atoms with Crippen molar-refractivity contribution in [2.75, 3.05) is 13.2 Å². The summed E-state index contributed by atoms with van der Waals surface area (Å²) in [4.78, 5) is 33.3. The fraction of sp³-hybridized carbons (Fsp3) is 0.154. The first-order chi connectivity index (χ1) is 8.63. The van der Waals surface area contributed by atoms with Crippen LogP contribution in [0.2, 0.25) is 0 Å². The Hall–Kier alpha value is -2.43. The highest BCUT2D eigenvalue weighted by molar-refractivity contribution is 5.92. The Labute approximate surface area is 104 Å². The summed E-state index contributed by atoms with van der Waals surface area (Å²) in [5.74, 6) is -1.80. The van der Waals surface area contributed by atoms with Crippen molar-refractivity contribution in [2.45, 2.75) is 0 Å². The van der Waals surface area contributed by atoms with Gasteiger partial charge in [-0.25, -0.2) is 9.59 Å². The van der Waals surface area contributed by atoms with Crippen molar-refractivity contribution in [3.05, 3.63) is 48.6 Å². The molecule has 0 amide bonds. The molecule has 0 bridgehead atoms. The van der Waals surface area contributed by atoms with Crippen LogP contribution in [0.5, 0.6) is 0 Å². The molecule has 0 saturated carbocycles. The molecule has 5 nitrogen and oxygen atoms in total. The molecule has 5 heteroatoms. The third kappa shape index (κ3) is 4.61. The summed E-state index contributed by atoms with van der Waals surface area (Å²) in [6.45, 7) is 2.31. The number of esters is 2. The van der Waals surface area contributed by atoms with Gasteiger partial charge in [0.15, 0.2) is 13.2 Å². The molecule has 0 heterocycles. The van der Waals surface area contributed by atoms with Crippen molar-refractivity contribution >= 4 is 17.7 Å². The van der Waals surface area contributed by atoms with Gasteiger partial charge < -0.3 is 9.47 Å². The zero-order valence-electron chi connectivity index (χ0n) is 9.63. The van der Waals surface area contributed by atoms with E-state index in [-0.39, 0.29) is 0 Å². The highest BCUT2D eigenvalue weighted by Gasteiger charge is 2.10. The van der Waals surface area contributed by atoms with Crippen molar-refractivity contribution in [3.8, 4) is 0 Å². The molecule has 0 atom stereocenters. The van der Waals surface area contributed by atoms with E-state index in [2.05, 4.69) is 11.3 Å². The molecular formula is C13H12O5. The van der Waals surface area contributed by atoms with Crippen LogP contribution >= 0.6 is 0 Å². The molecule has 0 aromatic heterocycles. The second-order valence-corrected chi connectivity index (χ2v) is 3.29. The predicted octanol–water partition coefficient (Wildman–Crippen LogP) is 1.14. The lowest BCUT2D eigenvalue weighted by Gasteiger charge is -2.04. The van der Waals surface area contributed by atoms with E-state index in [0.29, 0.717) is 5.56 Å². The first-order valence-corrected chi connectivity index (χ1v) is 5.16. The number of ether oxygens (including phenoxy) is 2. The van der Waals surface area contributed by atoms with Gasteiger partial charge in [0.2, 0.25) is 5.78 Å². The average molecular weight is 248 g/mol. The minimum Gasteiger partial charge on any atom is -0.454 e. The summed E-state index contributed by atoms with van der Waals surface area (Å²) < 4.78 is 9.24. The smallest absolute Gasteiger partial charge is 0.338 e. The minimum absolute atomic E-state index is 0.355. The van der Waals surface area contributed by atoms with Crippen LogP contribution in [0.1, 0.15) is 10.4 Å². The van der Waals surface area contributed by atoms with Crippen LogP contribution in [0, 0.1) is 0 Å². The van der Waals surface area contributed by atoms with Gasteiger partial charge in [-0.3, -0.25) is 4.79 Å². The third-order valence-corrected chi connectivity index (χ3v) is 1.92. The summed E-state index contributed by atoms with van der Waals surface area (Å²) in [6.07, 6.45) is 0.948. The topological polar surface area (TPSA) is 69.7 Å². The Balaban J connectivity index is 2.33. The largest absolute Gasteiger partial charge is 0.454 e. The minimum atomic E-state index is -0.697. The summed E-state index contributed by atoms with van der Waals surface area (Å²) in [5, 5.41) is 0. The van der Waals surface area contributed by atoms with Crippen molar-refractivity contribution in [1.82, 2.24) is 0 Å². The quantitative estimate of drug-likeness (QED) is 0.557. The number of Topliss-reactive ketones (excluding diaryl/α,β-unsaturated/α-hetero) is 1. The Morgan fingerprint density at radius 1 is 1.06 bits per heavy atom. The molecule has 0 unspecified atom stereocenters. The van der Waals surface area contributed by atoms with Gasteiger partial charge in [0.1, 0.15) is 0 Å². The standard InChI is InChI=1S/C13H12O5/c1-2-12(15)17-8-11(14)9-18-13(16)10-6-4-3-5-7-10/h2-7H,1,8-9H2. The summed E-state index contributed by atoms with van der Waals surface area (Å²) >= 11 is 0. The molecule has 0 aliphatic carbocycles. The normalized spacial score (nSPS) is 9.33. The van der Waals surface area contributed by atoms with Crippen LogP contribution in [-0.2, 0) is 19.1 Å². The molecule has 1 aromatic carbocycles. The highest BCUT2D eigenvalue weighted by atomic mass is 16.6. The van der Waals surface area contributed by atoms with E-state index >= 15 is 0 Å². The monoisotopic (exact) mass is 248 g/mol. The van der Waals surface area contributed by atoms with Gasteiger partial charge in [0.05, 0.1) is 5.56 Å². The Morgan fingerprint density at radius 2 is 1.67 bits per heavy atom. The molecule has 18 heavy (non-hydrogen) atoms. The molecule has 0 aliphatic heterocycles. The predicted molar refractivity (Wildman–Crippen MR) is 62.9 cm³/mol. The maximum Gasteiger partial charge on any atom is 0.338 e. The Kier molecular flexibility index (Phi) is 5.31. The summed E-state index contributed by atoms with van der Waals surface area (Å²) in [7, 11) is 0. The van der Waals surface area contributed by atoms with Crippen LogP contribution in [0.15, 0.2) is 43.0 Å². The zero-order chi connectivity index (χ0) is 13.4. The SMILES string of the molecule is C=CC(=O)OCC(=O)COC(=O)c1ccccc1. The maximum atomic E-state index is 11.4. The number of benzene rings is 1. The van der Waals surface area contributed by atoms with E-state index < -0.39 is 30.9 Å². The van der Waals surface area contributed by atoms with Crippen LogP contribution in [0.4, 0.5) is 0 Å². The maximum absolute atomic E-state index is 11.4. The fourth-order valence-corrected chi connectivity index (χ4v) is 1.06. The molecule has 1 aromatic rings. The Bertz CT molecular complexity index is 450. The lowest BCUT2D eigenvalue weighted by atomic mass is 10.2. The van der Waals surface area contributed by atoms with Crippen molar-refractivity contribution in [2.24, 2.45) is 0 Å². The second kappa shape index (κ2) is 7.01. The molecule has 0 fully saturated rings. The summed E-state index contributed by atoms with van der Waals surface area (Å²) in [5.41, 5.74) is 0.355. The number of hydrogen-bond donors (Lipinski definition) is 0. The van der Waals surface area contributed by atoms with Crippen LogP contribution in [0.3, 0.4) is 0 Å². The van der Waals surface area contributed by atoms with Gasteiger partial charge in [0, 0.05) is 6.08 Å². The van der Waals surface area contributed by atoms with E-state index in [1.807, 2.05) is 0 Å². The van der Waals surface area contributed by atoms with Crippen LogP contribution < -0.4 is 0 Å². The van der Waals surface area contributed by atoms with Crippen molar-refractivity contribution in [1.29, 1.82) is 0 Å². The second-order valence-electron chi connectivity index (χ2n) is 3.29. The van der Waals surface area contributed by atoms with Crippen molar-refractivity contribution < 1.29 is 23.9 Å². The van der Waals surface area contributed by atoms with E-state index in [4.69, 9.17) is 4.74 Å². The molecule has 0 saturated heterocycles. The molecule has 1 rings (SSSR count). The number of rotatable bonds is 6. The Morgan fingerprint density at radius 3 is 2.28 bits per heavy atom. The van der Waals surface area contributed by atoms with E-state index in [9.17, 15) is 14.4 Å². The van der Waals surface area contributed by atoms with Gasteiger partial charge in [0.25, 0.3) is 0 Å². The first-order valence-electron chi connectivity index (χ1n) is 5.16. The van der Waals surface area contributed by atoms with Crippen molar-refractivity contribution in [3.63, 3.8) is 0 Å². The van der Waals surface area contributed by atoms with E-state index in [1.54, 1.807) is 30.3 Å². The average Bonchev–Trinajstić information content (AvgIpc) is 2.42. The van der Waals surface area contributed by atoms with Gasteiger partial charge >= 0.3 is 11.9 Å². The highest BCUT2D eigenvalue weighted by Crippen LogP contribution is 2.00. The molecule has 0 spiro atoms. The lowest BCUT2D eigenvalue weighted by molar-refractivity contribution is -0.143. The van der Waals surface area contributed by atoms with Crippen LogP contribution in [0.25, 0.3) is 0 Å². The zero-order valence-corrected chi connectivity index (χ0v) is 9.63. The number of carbonyl (C=O) groups is 3. The van der Waals surface area contributed by atoms with Gasteiger partial charge in [-0.05, 0) is 12.1 Å². The van der Waals surface area contributed by atoms with E-state index in [0.717, 1.165) is 6.08 Å². The number of hydrogen-bond acceptors (Lipinski definition) is 5. The summed E-state index contributed by atoms with van der Waals surface area (Å²) in [6, 6.07) is 8.28. The molecule has 0 N–H and O–H groups in total. The molecule has 0 radical (unpaired) electrons. The molecular weight excluding hydrogens is 236 g/mol. The number of ketones is 1. The van der Waals surface area contributed by atoms with Gasteiger partial charge in [-0.15, -0.1) is 0 Å². The fourth-order valence-electron chi connectivity index (χ4n) is 1.06. The van der Waals surface area contributed by atoms with Crippen LogP contribution in [-0.4, -0.2) is 30.9 Å². The van der Waals surface area contributed by atoms with Gasteiger partial charge in [-0.1, -0.05) is 24.8 Å².